The molecule has 0 bridgehead atoms. The summed E-state index contributed by atoms with van der Waals surface area (Å²) in [4.78, 5) is 0. The predicted octanol–water partition coefficient (Wildman–Crippen LogP) is 4.13. The van der Waals surface area contributed by atoms with E-state index in [0.717, 1.165) is 22.3 Å². The number of rotatable bonds is 3. The van der Waals surface area contributed by atoms with Crippen molar-refractivity contribution >= 4 is 34.4 Å². The normalized spacial score (nSPS) is 11.2. The van der Waals surface area contributed by atoms with Crippen molar-refractivity contribution in [2.45, 2.75) is 0 Å². The Balaban J connectivity index is 1.80. The van der Waals surface area contributed by atoms with Gasteiger partial charge in [-0.3, -0.25) is 0 Å². The summed E-state index contributed by atoms with van der Waals surface area (Å²) < 4.78 is 2.28. The number of aromatic nitrogens is 1. The highest BCUT2D eigenvalue weighted by molar-refractivity contribution is 6.58. The highest BCUT2D eigenvalue weighted by Gasteiger charge is 2.14. The molecule has 0 amide bonds. The van der Waals surface area contributed by atoms with E-state index < -0.39 is 7.12 Å². The monoisotopic (exact) mass is 363 g/mol. The van der Waals surface area contributed by atoms with Crippen molar-refractivity contribution in [2.75, 3.05) is 0 Å². The van der Waals surface area contributed by atoms with Gasteiger partial charge in [0.05, 0.1) is 11.0 Å². The van der Waals surface area contributed by atoms with Crippen molar-refractivity contribution < 1.29 is 10.0 Å². The molecule has 0 fully saturated rings. The van der Waals surface area contributed by atoms with Crippen molar-refractivity contribution in [3.8, 4) is 16.8 Å². The quantitative estimate of drug-likeness (QED) is 0.474. The molecule has 0 aliphatic rings. The lowest BCUT2D eigenvalue weighted by molar-refractivity contribution is 0.426. The summed E-state index contributed by atoms with van der Waals surface area (Å²) in [5.74, 6) is 0. The molecule has 0 unspecified atom stereocenters. The second kappa shape index (κ2) is 6.68. The molecule has 0 saturated heterocycles. The van der Waals surface area contributed by atoms with Crippen LogP contribution in [0.2, 0.25) is 0 Å². The molecule has 4 heteroatoms. The third-order valence-corrected chi connectivity index (χ3v) is 5.21. The van der Waals surface area contributed by atoms with E-state index in [0.29, 0.717) is 5.46 Å². The zero-order valence-corrected chi connectivity index (χ0v) is 15.2. The molecule has 4 aromatic carbocycles. The van der Waals surface area contributed by atoms with Gasteiger partial charge in [0, 0.05) is 16.5 Å². The fourth-order valence-corrected chi connectivity index (χ4v) is 3.88. The third-order valence-electron chi connectivity index (χ3n) is 5.21. The average Bonchev–Trinajstić information content (AvgIpc) is 3.08. The van der Waals surface area contributed by atoms with Crippen LogP contribution in [0.5, 0.6) is 0 Å². The SMILES string of the molecule is OB(O)c1cccc(-c2ccc3c4ccccc4n(-c4ccccc4)c3c2)c1. The van der Waals surface area contributed by atoms with E-state index in [2.05, 4.69) is 59.2 Å². The molecule has 0 radical (unpaired) electrons. The zero-order valence-electron chi connectivity index (χ0n) is 15.2. The molecule has 0 atom stereocenters. The average molecular weight is 363 g/mol. The summed E-state index contributed by atoms with van der Waals surface area (Å²) in [6, 6.07) is 32.6. The summed E-state index contributed by atoms with van der Waals surface area (Å²) in [7, 11) is -1.47. The Hall–Kier alpha value is -3.34. The van der Waals surface area contributed by atoms with E-state index >= 15 is 0 Å². The van der Waals surface area contributed by atoms with E-state index in [1.54, 1.807) is 6.07 Å². The first-order valence-corrected chi connectivity index (χ1v) is 9.27. The molecule has 2 N–H and O–H groups in total. The number of hydrogen-bond acceptors (Lipinski definition) is 2. The van der Waals surface area contributed by atoms with Crippen LogP contribution in [0, 0.1) is 0 Å². The minimum absolute atomic E-state index is 0.487. The Morgan fingerprint density at radius 1 is 0.571 bits per heavy atom. The van der Waals surface area contributed by atoms with Gasteiger partial charge in [-0.25, -0.2) is 0 Å². The molecule has 134 valence electrons. The second-order valence-corrected chi connectivity index (χ2v) is 6.92. The maximum absolute atomic E-state index is 9.51. The molecule has 5 aromatic rings. The number of nitrogens with zero attached hydrogens (tertiary/aromatic N) is 1. The number of benzene rings is 4. The Morgan fingerprint density at radius 2 is 1.29 bits per heavy atom. The molecule has 0 saturated carbocycles. The van der Waals surface area contributed by atoms with Crippen LogP contribution in [0.1, 0.15) is 0 Å². The zero-order chi connectivity index (χ0) is 19.1. The van der Waals surface area contributed by atoms with Crippen LogP contribution < -0.4 is 5.46 Å². The van der Waals surface area contributed by atoms with Crippen molar-refractivity contribution in [3.63, 3.8) is 0 Å². The van der Waals surface area contributed by atoms with Gasteiger partial charge >= 0.3 is 7.12 Å². The van der Waals surface area contributed by atoms with E-state index in [4.69, 9.17) is 0 Å². The van der Waals surface area contributed by atoms with Crippen LogP contribution in [0.3, 0.4) is 0 Å². The maximum Gasteiger partial charge on any atom is 0.488 e. The molecule has 28 heavy (non-hydrogen) atoms. The minimum atomic E-state index is -1.47. The molecular formula is C24H18BNO2. The third kappa shape index (κ3) is 2.71. The highest BCUT2D eigenvalue weighted by Crippen LogP contribution is 2.34. The highest BCUT2D eigenvalue weighted by atomic mass is 16.4. The summed E-state index contributed by atoms with van der Waals surface area (Å²) in [5, 5.41) is 21.4. The van der Waals surface area contributed by atoms with Gasteiger partial charge in [0.1, 0.15) is 0 Å². The lowest BCUT2D eigenvalue weighted by atomic mass is 9.79. The van der Waals surface area contributed by atoms with Crippen LogP contribution in [-0.2, 0) is 0 Å². The van der Waals surface area contributed by atoms with E-state index in [9.17, 15) is 10.0 Å². The van der Waals surface area contributed by atoms with E-state index in [1.165, 1.54) is 16.3 Å². The molecular weight excluding hydrogens is 345 g/mol. The van der Waals surface area contributed by atoms with Gasteiger partial charge in [-0.2, -0.15) is 0 Å². The molecule has 3 nitrogen and oxygen atoms in total. The molecule has 5 rings (SSSR count). The van der Waals surface area contributed by atoms with Gasteiger partial charge in [-0.05, 0) is 40.9 Å². The fraction of sp³-hybridized carbons (Fsp3) is 0. The number of hydrogen-bond donors (Lipinski definition) is 2. The predicted molar refractivity (Wildman–Crippen MR) is 116 cm³/mol. The smallest absolute Gasteiger partial charge is 0.423 e. The van der Waals surface area contributed by atoms with Crippen molar-refractivity contribution in [1.29, 1.82) is 0 Å². The molecule has 0 aliphatic heterocycles. The van der Waals surface area contributed by atoms with Gasteiger partial charge in [-0.15, -0.1) is 0 Å². The van der Waals surface area contributed by atoms with E-state index in [1.807, 2.05) is 36.4 Å². The largest absolute Gasteiger partial charge is 0.488 e. The van der Waals surface area contributed by atoms with E-state index in [-0.39, 0.29) is 0 Å². The van der Waals surface area contributed by atoms with Crippen LogP contribution in [0.4, 0.5) is 0 Å². The Labute approximate surface area is 163 Å². The van der Waals surface area contributed by atoms with Crippen LogP contribution in [-0.4, -0.2) is 21.7 Å². The van der Waals surface area contributed by atoms with Gasteiger partial charge in [0.2, 0.25) is 0 Å². The van der Waals surface area contributed by atoms with Crippen LogP contribution >= 0.6 is 0 Å². The van der Waals surface area contributed by atoms with Gasteiger partial charge < -0.3 is 14.6 Å². The summed E-state index contributed by atoms with van der Waals surface area (Å²) in [6.07, 6.45) is 0. The minimum Gasteiger partial charge on any atom is -0.423 e. The Bertz CT molecular complexity index is 1290. The Kier molecular flexibility index (Phi) is 4.01. The van der Waals surface area contributed by atoms with Crippen LogP contribution in [0.15, 0.2) is 97.1 Å². The first kappa shape index (κ1) is 16.8. The molecule has 1 heterocycles. The lowest BCUT2D eigenvalue weighted by Gasteiger charge is -2.09. The van der Waals surface area contributed by atoms with Crippen molar-refractivity contribution in [1.82, 2.24) is 4.57 Å². The topological polar surface area (TPSA) is 45.4 Å². The molecule has 0 spiro atoms. The summed E-state index contributed by atoms with van der Waals surface area (Å²) in [5.41, 5.74) is 5.89. The van der Waals surface area contributed by atoms with Crippen molar-refractivity contribution in [2.24, 2.45) is 0 Å². The molecule has 0 aliphatic carbocycles. The summed E-state index contributed by atoms with van der Waals surface area (Å²) in [6.45, 7) is 0. The molecule has 1 aromatic heterocycles. The first-order valence-electron chi connectivity index (χ1n) is 9.27. The van der Waals surface area contributed by atoms with Crippen LogP contribution in [0.25, 0.3) is 38.6 Å². The standard InChI is InChI=1S/C24H18BNO2/c27-25(28)19-8-6-7-17(15-19)18-13-14-22-21-11-4-5-12-23(21)26(24(22)16-18)20-9-2-1-3-10-20/h1-16,27-28H. The number of para-hydroxylation sites is 2. The second-order valence-electron chi connectivity index (χ2n) is 6.92. The fourth-order valence-electron chi connectivity index (χ4n) is 3.88. The van der Waals surface area contributed by atoms with Gasteiger partial charge in [-0.1, -0.05) is 72.8 Å². The first-order chi connectivity index (χ1) is 13.7. The Morgan fingerprint density at radius 3 is 2.11 bits per heavy atom. The van der Waals surface area contributed by atoms with Gasteiger partial charge in [0.15, 0.2) is 0 Å². The number of fused-ring (bicyclic) bond motifs is 3. The van der Waals surface area contributed by atoms with Gasteiger partial charge in [0.25, 0.3) is 0 Å². The van der Waals surface area contributed by atoms with Crippen molar-refractivity contribution in [3.05, 3.63) is 97.1 Å². The maximum atomic E-state index is 9.51. The lowest BCUT2D eigenvalue weighted by Crippen LogP contribution is -2.29. The summed E-state index contributed by atoms with van der Waals surface area (Å²) >= 11 is 0.